The van der Waals surface area contributed by atoms with Crippen molar-refractivity contribution in [3.8, 4) is 5.75 Å². The largest absolute Gasteiger partial charge is 0.486 e. The van der Waals surface area contributed by atoms with Gasteiger partial charge in [0.05, 0.1) is 16.3 Å². The number of Topliss-reactive ketones (excluding diaryl/α,β-unsaturated/α-hetero) is 1. The lowest BCUT2D eigenvalue weighted by atomic mass is 10.1. The molecule has 0 saturated carbocycles. The number of ketones is 1. The molecule has 0 heterocycles. The summed E-state index contributed by atoms with van der Waals surface area (Å²) in [6.07, 6.45) is 0. The second-order valence-electron chi connectivity index (χ2n) is 4.47. The van der Waals surface area contributed by atoms with Crippen molar-refractivity contribution in [3.05, 3.63) is 56.8 Å². The van der Waals surface area contributed by atoms with Gasteiger partial charge in [-0.15, -0.1) is 0 Å². The SMILES string of the molecule is CC(=O)c1cc(Br)cc(N)c1OCc1ccc(F)c(Cl)c1. The van der Waals surface area contributed by atoms with Crippen molar-refractivity contribution in [2.45, 2.75) is 13.5 Å². The van der Waals surface area contributed by atoms with Gasteiger partial charge in [-0.05, 0) is 36.8 Å². The molecule has 0 aromatic heterocycles. The molecule has 0 unspecified atom stereocenters. The summed E-state index contributed by atoms with van der Waals surface area (Å²) in [6.45, 7) is 1.56. The van der Waals surface area contributed by atoms with Crippen LogP contribution in [-0.2, 0) is 6.61 Å². The van der Waals surface area contributed by atoms with Crippen molar-refractivity contribution in [2.24, 2.45) is 0 Å². The number of rotatable bonds is 4. The molecule has 0 aliphatic carbocycles. The van der Waals surface area contributed by atoms with E-state index in [-0.39, 0.29) is 17.4 Å². The van der Waals surface area contributed by atoms with Crippen molar-refractivity contribution in [2.75, 3.05) is 5.73 Å². The Morgan fingerprint density at radius 2 is 2.10 bits per heavy atom. The average Bonchev–Trinajstić information content (AvgIpc) is 2.40. The van der Waals surface area contributed by atoms with Crippen LogP contribution in [0.25, 0.3) is 0 Å². The molecule has 0 radical (unpaired) electrons. The zero-order valence-electron chi connectivity index (χ0n) is 11.1. The fourth-order valence-electron chi connectivity index (χ4n) is 1.82. The Hall–Kier alpha value is -1.59. The highest BCUT2D eigenvalue weighted by Gasteiger charge is 2.14. The lowest BCUT2D eigenvalue weighted by molar-refractivity contribution is 0.101. The van der Waals surface area contributed by atoms with Crippen molar-refractivity contribution in [3.63, 3.8) is 0 Å². The van der Waals surface area contributed by atoms with Gasteiger partial charge in [0.1, 0.15) is 12.4 Å². The van der Waals surface area contributed by atoms with Gasteiger partial charge in [-0.2, -0.15) is 0 Å². The monoisotopic (exact) mass is 371 g/mol. The molecular weight excluding hydrogens is 361 g/mol. The Bertz CT molecular complexity index is 706. The Kier molecular flexibility index (Phi) is 4.85. The third-order valence-corrected chi connectivity index (χ3v) is 3.58. The molecule has 0 amide bonds. The molecule has 0 aliphatic heterocycles. The smallest absolute Gasteiger partial charge is 0.163 e. The first-order chi connectivity index (χ1) is 9.88. The van der Waals surface area contributed by atoms with E-state index in [1.807, 2.05) is 0 Å². The van der Waals surface area contributed by atoms with Gasteiger partial charge in [0.2, 0.25) is 0 Å². The Labute approximate surface area is 135 Å². The van der Waals surface area contributed by atoms with Crippen LogP contribution in [-0.4, -0.2) is 5.78 Å². The third-order valence-electron chi connectivity index (χ3n) is 2.83. The van der Waals surface area contributed by atoms with E-state index in [1.54, 1.807) is 18.2 Å². The summed E-state index contributed by atoms with van der Waals surface area (Å²) in [4.78, 5) is 11.7. The molecular formula is C15H12BrClFNO2. The third kappa shape index (κ3) is 3.74. The summed E-state index contributed by atoms with van der Waals surface area (Å²) < 4.78 is 19.4. The van der Waals surface area contributed by atoms with Crippen LogP contribution < -0.4 is 10.5 Å². The topological polar surface area (TPSA) is 52.3 Å². The summed E-state index contributed by atoms with van der Waals surface area (Å²) in [5.74, 6) is -0.339. The maximum Gasteiger partial charge on any atom is 0.163 e. The number of nitrogen functional groups attached to an aromatic ring is 1. The Morgan fingerprint density at radius 3 is 2.71 bits per heavy atom. The number of ether oxygens (including phenoxy) is 1. The van der Waals surface area contributed by atoms with Crippen LogP contribution in [0.1, 0.15) is 22.8 Å². The van der Waals surface area contributed by atoms with Crippen molar-refractivity contribution in [1.82, 2.24) is 0 Å². The van der Waals surface area contributed by atoms with Gasteiger partial charge in [-0.25, -0.2) is 4.39 Å². The van der Waals surface area contributed by atoms with Gasteiger partial charge < -0.3 is 10.5 Å². The zero-order valence-corrected chi connectivity index (χ0v) is 13.5. The minimum atomic E-state index is -0.493. The molecule has 2 aromatic rings. The van der Waals surface area contributed by atoms with Crippen LogP contribution >= 0.6 is 27.5 Å². The fourth-order valence-corrected chi connectivity index (χ4v) is 2.50. The predicted molar refractivity (Wildman–Crippen MR) is 84.3 cm³/mol. The second-order valence-corrected chi connectivity index (χ2v) is 5.79. The van der Waals surface area contributed by atoms with Crippen LogP contribution in [0, 0.1) is 5.82 Å². The Morgan fingerprint density at radius 1 is 1.38 bits per heavy atom. The van der Waals surface area contributed by atoms with Crippen LogP contribution in [0.4, 0.5) is 10.1 Å². The summed E-state index contributed by atoms with van der Waals surface area (Å²) in [7, 11) is 0. The molecule has 0 bridgehead atoms. The van der Waals surface area contributed by atoms with E-state index in [9.17, 15) is 9.18 Å². The molecule has 0 fully saturated rings. The maximum absolute atomic E-state index is 13.1. The molecule has 2 N–H and O–H groups in total. The highest BCUT2D eigenvalue weighted by Crippen LogP contribution is 2.32. The second kappa shape index (κ2) is 6.45. The minimum Gasteiger partial charge on any atom is -0.486 e. The number of anilines is 1. The van der Waals surface area contributed by atoms with E-state index in [4.69, 9.17) is 22.1 Å². The number of halogens is 3. The zero-order chi connectivity index (χ0) is 15.6. The van der Waals surface area contributed by atoms with Crippen LogP contribution in [0.2, 0.25) is 5.02 Å². The first-order valence-corrected chi connectivity index (χ1v) is 7.22. The number of hydrogen-bond acceptors (Lipinski definition) is 3. The van der Waals surface area contributed by atoms with Crippen LogP contribution in [0.15, 0.2) is 34.8 Å². The van der Waals surface area contributed by atoms with Gasteiger partial charge in [0.25, 0.3) is 0 Å². The highest BCUT2D eigenvalue weighted by molar-refractivity contribution is 9.10. The van der Waals surface area contributed by atoms with E-state index in [1.165, 1.54) is 19.1 Å². The molecule has 0 atom stereocenters. The summed E-state index contributed by atoms with van der Waals surface area (Å²) >= 11 is 9.00. The summed E-state index contributed by atoms with van der Waals surface area (Å²) in [5, 5.41) is 0.0201. The molecule has 21 heavy (non-hydrogen) atoms. The van der Waals surface area contributed by atoms with E-state index >= 15 is 0 Å². The first kappa shape index (κ1) is 15.8. The number of carbonyl (C=O) groups is 1. The lowest BCUT2D eigenvalue weighted by Gasteiger charge is -2.13. The number of hydrogen-bond donors (Lipinski definition) is 1. The minimum absolute atomic E-state index is 0.0201. The fraction of sp³-hybridized carbons (Fsp3) is 0.133. The standard InChI is InChI=1S/C15H12BrClFNO2/c1-8(20)11-5-10(16)6-14(19)15(11)21-7-9-2-3-13(18)12(17)4-9/h2-6H,7,19H2,1H3. The van der Waals surface area contributed by atoms with Gasteiger partial charge in [-0.3, -0.25) is 4.79 Å². The molecule has 0 aliphatic rings. The maximum atomic E-state index is 13.1. The van der Waals surface area contributed by atoms with Crippen molar-refractivity contribution >= 4 is 39.0 Å². The summed E-state index contributed by atoms with van der Waals surface area (Å²) in [6, 6.07) is 7.59. The van der Waals surface area contributed by atoms with Crippen molar-refractivity contribution < 1.29 is 13.9 Å². The molecule has 0 spiro atoms. The lowest BCUT2D eigenvalue weighted by Crippen LogP contribution is -2.05. The molecule has 6 heteroatoms. The van der Waals surface area contributed by atoms with Gasteiger partial charge in [-0.1, -0.05) is 33.6 Å². The van der Waals surface area contributed by atoms with E-state index in [2.05, 4.69) is 15.9 Å². The molecule has 2 aromatic carbocycles. The average molecular weight is 373 g/mol. The predicted octanol–water partition coefficient (Wildman–Crippen LogP) is 4.61. The van der Waals surface area contributed by atoms with E-state index < -0.39 is 5.82 Å². The number of benzene rings is 2. The molecule has 0 saturated heterocycles. The first-order valence-electron chi connectivity index (χ1n) is 6.05. The molecule has 110 valence electrons. The Balaban J connectivity index is 2.27. The quantitative estimate of drug-likeness (QED) is 0.630. The summed E-state index contributed by atoms with van der Waals surface area (Å²) in [5.41, 5.74) is 7.30. The molecule has 3 nitrogen and oxygen atoms in total. The molecule has 2 rings (SSSR count). The van der Waals surface area contributed by atoms with Gasteiger partial charge in [0.15, 0.2) is 11.5 Å². The van der Waals surface area contributed by atoms with E-state index in [0.717, 1.165) is 0 Å². The van der Waals surface area contributed by atoms with Crippen LogP contribution in [0.5, 0.6) is 5.75 Å². The highest BCUT2D eigenvalue weighted by atomic mass is 79.9. The number of carbonyl (C=O) groups excluding carboxylic acids is 1. The normalized spacial score (nSPS) is 10.5. The van der Waals surface area contributed by atoms with Gasteiger partial charge in [0, 0.05) is 4.47 Å². The van der Waals surface area contributed by atoms with E-state index in [0.29, 0.717) is 27.0 Å². The van der Waals surface area contributed by atoms with Crippen LogP contribution in [0.3, 0.4) is 0 Å². The number of nitrogens with two attached hydrogens (primary N) is 1. The van der Waals surface area contributed by atoms with Crippen molar-refractivity contribution in [1.29, 1.82) is 0 Å². The van der Waals surface area contributed by atoms with Gasteiger partial charge >= 0.3 is 0 Å².